The van der Waals surface area contributed by atoms with Crippen molar-refractivity contribution in [3.8, 4) is 11.5 Å². The first-order valence-electron chi connectivity index (χ1n) is 4.33. The van der Waals surface area contributed by atoms with Gasteiger partial charge in [-0.2, -0.15) is 5.06 Å². The van der Waals surface area contributed by atoms with Gasteiger partial charge in [0.15, 0.2) is 16.7 Å². The van der Waals surface area contributed by atoms with Gasteiger partial charge in [-0.15, -0.1) is 0 Å². The molecule has 1 aliphatic rings. The molecule has 1 fully saturated rings. The molecule has 16 heavy (non-hydrogen) atoms. The summed E-state index contributed by atoms with van der Waals surface area (Å²) < 4.78 is 0. The summed E-state index contributed by atoms with van der Waals surface area (Å²) in [5.74, 6) is -0.855. The number of phenolic OH excluding ortho intramolecular Hbond substituents is 2. The van der Waals surface area contributed by atoms with Crippen LogP contribution in [0.2, 0.25) is 0 Å². The van der Waals surface area contributed by atoms with E-state index in [1.54, 1.807) is 0 Å². The van der Waals surface area contributed by atoms with Crippen LogP contribution in [0.1, 0.15) is 0 Å². The molecule has 3 N–H and O–H groups in total. The molecule has 2 rings (SSSR count). The zero-order valence-electron chi connectivity index (χ0n) is 7.99. The molecule has 0 spiro atoms. The summed E-state index contributed by atoms with van der Waals surface area (Å²) >= 11 is 1.10. The van der Waals surface area contributed by atoms with Crippen LogP contribution in [0.15, 0.2) is 23.2 Å². The number of aliphatic imine (C=N–C) groups is 1. The molecular formula is C9H8N2O4S. The number of hydrogen-bond acceptors (Lipinski definition) is 6. The Kier molecular flexibility index (Phi) is 2.71. The number of thioether (sulfide) groups is 1. The highest BCUT2D eigenvalue weighted by molar-refractivity contribution is 8.15. The van der Waals surface area contributed by atoms with Gasteiger partial charge in [-0.25, -0.2) is 4.99 Å². The molecular weight excluding hydrogens is 232 g/mol. The van der Waals surface area contributed by atoms with Crippen LogP contribution in [0.25, 0.3) is 0 Å². The number of hydroxylamine groups is 2. The SMILES string of the molecule is O=C1CSC(=Nc2ccc(O)c(O)c2)N1O. The molecule has 84 valence electrons. The van der Waals surface area contributed by atoms with E-state index in [4.69, 9.17) is 5.11 Å². The van der Waals surface area contributed by atoms with Crippen molar-refractivity contribution in [2.24, 2.45) is 4.99 Å². The molecule has 1 amide bonds. The Morgan fingerprint density at radius 3 is 2.62 bits per heavy atom. The molecule has 0 aromatic heterocycles. The first kappa shape index (κ1) is 10.8. The predicted molar refractivity (Wildman–Crippen MR) is 58.0 cm³/mol. The van der Waals surface area contributed by atoms with Gasteiger partial charge < -0.3 is 10.2 Å². The van der Waals surface area contributed by atoms with Crippen molar-refractivity contribution in [1.29, 1.82) is 0 Å². The summed E-state index contributed by atoms with van der Waals surface area (Å²) in [5, 5.41) is 28.2. The molecule has 1 saturated heterocycles. The molecule has 6 nitrogen and oxygen atoms in total. The van der Waals surface area contributed by atoms with E-state index < -0.39 is 5.91 Å². The second-order valence-electron chi connectivity index (χ2n) is 3.06. The van der Waals surface area contributed by atoms with Gasteiger partial charge in [-0.3, -0.25) is 10.0 Å². The number of hydrogen-bond donors (Lipinski definition) is 3. The molecule has 0 atom stereocenters. The molecule has 0 radical (unpaired) electrons. The highest BCUT2D eigenvalue weighted by Gasteiger charge is 2.26. The smallest absolute Gasteiger partial charge is 0.263 e. The van der Waals surface area contributed by atoms with Crippen molar-refractivity contribution in [2.75, 3.05) is 5.75 Å². The van der Waals surface area contributed by atoms with E-state index in [0.717, 1.165) is 11.8 Å². The Balaban J connectivity index is 2.29. The second kappa shape index (κ2) is 4.03. The average molecular weight is 240 g/mol. The minimum atomic E-state index is -0.438. The van der Waals surface area contributed by atoms with E-state index in [1.165, 1.54) is 18.2 Å². The molecule has 0 bridgehead atoms. The predicted octanol–water partition coefficient (Wildman–Crippen LogP) is 1.05. The zero-order valence-corrected chi connectivity index (χ0v) is 8.81. The number of amides is 1. The third kappa shape index (κ3) is 1.95. The number of phenols is 2. The fourth-order valence-electron chi connectivity index (χ4n) is 1.13. The van der Waals surface area contributed by atoms with Crippen molar-refractivity contribution < 1.29 is 20.2 Å². The van der Waals surface area contributed by atoms with Crippen molar-refractivity contribution in [3.63, 3.8) is 0 Å². The van der Waals surface area contributed by atoms with Gasteiger partial charge in [0, 0.05) is 6.07 Å². The lowest BCUT2D eigenvalue weighted by Gasteiger charge is -2.05. The van der Waals surface area contributed by atoms with Crippen molar-refractivity contribution in [1.82, 2.24) is 5.06 Å². The third-order valence-electron chi connectivity index (χ3n) is 1.93. The Morgan fingerprint density at radius 1 is 1.31 bits per heavy atom. The van der Waals surface area contributed by atoms with Gasteiger partial charge in [-0.05, 0) is 12.1 Å². The van der Waals surface area contributed by atoms with Crippen LogP contribution in [0.3, 0.4) is 0 Å². The number of aromatic hydroxyl groups is 2. The Morgan fingerprint density at radius 2 is 2.06 bits per heavy atom. The molecule has 1 aromatic carbocycles. The normalized spacial score (nSPS) is 18.4. The first-order chi connectivity index (χ1) is 7.58. The second-order valence-corrected chi connectivity index (χ2v) is 4.00. The lowest BCUT2D eigenvalue weighted by atomic mass is 10.3. The summed E-state index contributed by atoms with van der Waals surface area (Å²) in [6.45, 7) is 0. The minimum Gasteiger partial charge on any atom is -0.504 e. The molecule has 1 aliphatic heterocycles. The van der Waals surface area contributed by atoms with E-state index in [0.29, 0.717) is 10.8 Å². The highest BCUT2D eigenvalue weighted by atomic mass is 32.2. The molecule has 0 saturated carbocycles. The summed E-state index contributed by atoms with van der Waals surface area (Å²) in [5.41, 5.74) is 0.339. The Bertz CT molecular complexity index is 475. The summed E-state index contributed by atoms with van der Waals surface area (Å²) in [6.07, 6.45) is 0. The Hall–Kier alpha value is -1.73. The number of carbonyl (C=O) groups excluding carboxylic acids is 1. The van der Waals surface area contributed by atoms with E-state index in [9.17, 15) is 15.1 Å². The number of nitrogens with zero attached hydrogens (tertiary/aromatic N) is 2. The van der Waals surface area contributed by atoms with Crippen molar-refractivity contribution in [3.05, 3.63) is 18.2 Å². The molecule has 1 heterocycles. The highest BCUT2D eigenvalue weighted by Crippen LogP contribution is 2.30. The minimum absolute atomic E-state index is 0.138. The molecule has 0 unspecified atom stereocenters. The van der Waals surface area contributed by atoms with Crippen LogP contribution in [0, 0.1) is 0 Å². The fourth-order valence-corrected chi connectivity index (χ4v) is 1.90. The molecule has 1 aromatic rings. The Labute approximate surface area is 94.8 Å². The third-order valence-corrected chi connectivity index (χ3v) is 2.84. The maximum atomic E-state index is 11.0. The van der Waals surface area contributed by atoms with Gasteiger partial charge in [0.05, 0.1) is 11.4 Å². The van der Waals surface area contributed by atoms with Gasteiger partial charge in [-0.1, -0.05) is 11.8 Å². The van der Waals surface area contributed by atoms with Crippen LogP contribution in [-0.2, 0) is 4.79 Å². The standard InChI is InChI=1S/C9H8N2O4S/c12-6-2-1-5(3-7(6)13)10-9-11(15)8(14)4-16-9/h1-3,12-13,15H,4H2. The summed E-state index contributed by atoms with van der Waals surface area (Å²) in [4.78, 5) is 14.9. The lowest BCUT2D eigenvalue weighted by Crippen LogP contribution is -2.24. The van der Waals surface area contributed by atoms with Crippen LogP contribution < -0.4 is 0 Å². The fraction of sp³-hybridized carbons (Fsp3) is 0.111. The summed E-state index contributed by atoms with van der Waals surface area (Å²) in [7, 11) is 0. The topological polar surface area (TPSA) is 93.4 Å². The van der Waals surface area contributed by atoms with Gasteiger partial charge in [0.2, 0.25) is 0 Å². The number of rotatable bonds is 1. The number of benzene rings is 1. The maximum Gasteiger partial charge on any atom is 0.263 e. The van der Waals surface area contributed by atoms with E-state index in [-0.39, 0.29) is 22.4 Å². The van der Waals surface area contributed by atoms with Gasteiger partial charge in [0.1, 0.15) is 0 Å². The van der Waals surface area contributed by atoms with E-state index >= 15 is 0 Å². The zero-order chi connectivity index (χ0) is 11.7. The average Bonchev–Trinajstić information content (AvgIpc) is 2.55. The largest absolute Gasteiger partial charge is 0.504 e. The van der Waals surface area contributed by atoms with Gasteiger partial charge >= 0.3 is 0 Å². The van der Waals surface area contributed by atoms with Crippen LogP contribution >= 0.6 is 11.8 Å². The molecule has 0 aliphatic carbocycles. The lowest BCUT2D eigenvalue weighted by molar-refractivity contribution is -0.144. The quantitative estimate of drug-likeness (QED) is 0.504. The van der Waals surface area contributed by atoms with Gasteiger partial charge in [0.25, 0.3) is 5.91 Å². The van der Waals surface area contributed by atoms with E-state index in [2.05, 4.69) is 4.99 Å². The summed E-state index contributed by atoms with van der Waals surface area (Å²) in [6, 6.07) is 3.97. The number of amidine groups is 1. The van der Waals surface area contributed by atoms with Crippen LogP contribution in [0.5, 0.6) is 11.5 Å². The monoisotopic (exact) mass is 240 g/mol. The van der Waals surface area contributed by atoms with Crippen LogP contribution in [-0.4, -0.2) is 37.3 Å². The molecule has 7 heteroatoms. The number of carbonyl (C=O) groups is 1. The van der Waals surface area contributed by atoms with Crippen LogP contribution in [0.4, 0.5) is 5.69 Å². The van der Waals surface area contributed by atoms with Crippen molar-refractivity contribution >= 4 is 28.5 Å². The van der Waals surface area contributed by atoms with E-state index in [1.807, 2.05) is 0 Å². The first-order valence-corrected chi connectivity index (χ1v) is 5.32. The van der Waals surface area contributed by atoms with Crippen molar-refractivity contribution in [2.45, 2.75) is 0 Å². The maximum absolute atomic E-state index is 11.0.